The van der Waals surface area contributed by atoms with Crippen molar-refractivity contribution in [3.05, 3.63) is 80.5 Å². The molecule has 3 aromatic rings. The van der Waals surface area contributed by atoms with Crippen molar-refractivity contribution in [1.82, 2.24) is 0 Å². The second-order valence-electron chi connectivity index (χ2n) is 7.52. The van der Waals surface area contributed by atoms with Crippen LogP contribution in [-0.2, 0) is 0 Å². The van der Waals surface area contributed by atoms with Gasteiger partial charge in [-0.25, -0.2) is 4.79 Å². The summed E-state index contributed by atoms with van der Waals surface area (Å²) in [6, 6.07) is 11.0. The van der Waals surface area contributed by atoms with Crippen LogP contribution in [0.15, 0.2) is 48.2 Å². The summed E-state index contributed by atoms with van der Waals surface area (Å²) >= 11 is 12.2. The van der Waals surface area contributed by atoms with Gasteiger partial charge in [0.1, 0.15) is 11.5 Å². The number of hydrogen-bond donors (Lipinski definition) is 0. The van der Waals surface area contributed by atoms with Gasteiger partial charge in [-0.2, -0.15) is 0 Å². The van der Waals surface area contributed by atoms with E-state index in [1.54, 1.807) is 37.3 Å². The molecule has 9 heteroatoms. The first-order valence-corrected chi connectivity index (χ1v) is 11.1. The van der Waals surface area contributed by atoms with Crippen molar-refractivity contribution >= 4 is 41.0 Å². The minimum atomic E-state index is -0.656. The Kier molecular flexibility index (Phi) is 6.91. The number of halogens is 2. The Balaban J connectivity index is 1.62. The lowest BCUT2D eigenvalue weighted by Crippen LogP contribution is -2.10. The van der Waals surface area contributed by atoms with Crippen molar-refractivity contribution in [3.8, 4) is 28.7 Å². The molecular formula is C26H20Cl2O7. The van der Waals surface area contributed by atoms with Crippen LogP contribution < -0.4 is 23.7 Å². The lowest BCUT2D eigenvalue weighted by atomic mass is 10.0. The van der Waals surface area contributed by atoms with Crippen LogP contribution in [0.5, 0.6) is 28.7 Å². The number of hydrogen-bond acceptors (Lipinski definition) is 7. The molecule has 180 valence electrons. The zero-order chi connectivity index (χ0) is 25.3. The maximum absolute atomic E-state index is 12.9. The van der Waals surface area contributed by atoms with Gasteiger partial charge in [0.15, 0.2) is 17.3 Å². The fourth-order valence-corrected chi connectivity index (χ4v) is 4.12. The molecule has 0 N–H and O–H groups in total. The molecule has 0 amide bonds. The number of carbonyl (C=O) groups excluding carboxylic acids is 2. The van der Waals surface area contributed by atoms with Gasteiger partial charge >= 0.3 is 5.97 Å². The molecule has 0 aromatic heterocycles. The number of Topliss-reactive ketones (excluding diaryl/α,β-unsaturated/α-hetero) is 1. The molecule has 1 aliphatic heterocycles. The molecule has 4 rings (SSSR count). The zero-order valence-electron chi connectivity index (χ0n) is 19.2. The number of ketones is 1. The molecule has 0 unspecified atom stereocenters. The fraction of sp³-hybridized carbons (Fsp3) is 0.154. The smallest absolute Gasteiger partial charge is 0.343 e. The molecule has 0 atom stereocenters. The lowest BCUT2D eigenvalue weighted by Gasteiger charge is -2.14. The Morgan fingerprint density at radius 1 is 0.943 bits per heavy atom. The van der Waals surface area contributed by atoms with Crippen molar-refractivity contribution in [2.45, 2.75) is 6.92 Å². The average molecular weight is 515 g/mol. The Morgan fingerprint density at radius 2 is 1.63 bits per heavy atom. The standard InChI is InChI=1S/C26H20Cl2O7/c1-13-7-17(34-26(30)15-9-21(31-2)25(33-4)22(10-15)32-3)12-19-23(13)24(29)20(35-19)8-14-5-6-16(27)11-18(14)28/h5-12H,1-4H3/b20-8-. The van der Waals surface area contributed by atoms with Crippen molar-refractivity contribution in [2.24, 2.45) is 0 Å². The van der Waals surface area contributed by atoms with Gasteiger partial charge in [-0.1, -0.05) is 29.3 Å². The van der Waals surface area contributed by atoms with Gasteiger partial charge in [0, 0.05) is 16.1 Å². The van der Waals surface area contributed by atoms with Crippen LogP contribution in [0.25, 0.3) is 6.08 Å². The summed E-state index contributed by atoms with van der Waals surface area (Å²) in [5.41, 5.74) is 1.74. The lowest BCUT2D eigenvalue weighted by molar-refractivity contribution is 0.0733. The molecule has 3 aromatic carbocycles. The average Bonchev–Trinajstić information content (AvgIpc) is 3.14. The third-order valence-electron chi connectivity index (χ3n) is 5.30. The summed E-state index contributed by atoms with van der Waals surface area (Å²) in [7, 11) is 4.37. The van der Waals surface area contributed by atoms with E-state index in [9.17, 15) is 9.59 Å². The number of methoxy groups -OCH3 is 3. The maximum Gasteiger partial charge on any atom is 0.343 e. The van der Waals surface area contributed by atoms with E-state index in [4.69, 9.17) is 46.9 Å². The first-order valence-electron chi connectivity index (χ1n) is 10.3. The van der Waals surface area contributed by atoms with E-state index in [1.165, 1.54) is 39.5 Å². The number of carbonyl (C=O) groups is 2. The predicted octanol–water partition coefficient (Wildman–Crippen LogP) is 6.16. The fourth-order valence-electron chi connectivity index (χ4n) is 3.66. The number of aryl methyl sites for hydroxylation is 1. The van der Waals surface area contributed by atoms with Gasteiger partial charge < -0.3 is 23.7 Å². The number of rotatable bonds is 6. The van der Waals surface area contributed by atoms with Gasteiger partial charge in [0.05, 0.1) is 32.5 Å². The summed E-state index contributed by atoms with van der Waals surface area (Å²) in [6.07, 6.45) is 1.54. The summed E-state index contributed by atoms with van der Waals surface area (Å²) < 4.78 is 27.2. The second kappa shape index (κ2) is 9.90. The quantitative estimate of drug-likeness (QED) is 0.221. The normalized spacial score (nSPS) is 13.3. The molecule has 0 fully saturated rings. The molecule has 1 aliphatic rings. The van der Waals surface area contributed by atoms with Crippen LogP contribution in [0.4, 0.5) is 0 Å². The van der Waals surface area contributed by atoms with E-state index < -0.39 is 5.97 Å². The number of allylic oxidation sites excluding steroid dienone is 1. The third-order valence-corrected chi connectivity index (χ3v) is 5.87. The molecule has 1 heterocycles. The topological polar surface area (TPSA) is 80.3 Å². The van der Waals surface area contributed by atoms with E-state index in [2.05, 4.69) is 0 Å². The van der Waals surface area contributed by atoms with Crippen molar-refractivity contribution in [1.29, 1.82) is 0 Å². The Hall–Kier alpha value is -3.68. The largest absolute Gasteiger partial charge is 0.493 e. The minimum Gasteiger partial charge on any atom is -0.493 e. The Morgan fingerprint density at radius 3 is 2.23 bits per heavy atom. The van der Waals surface area contributed by atoms with Crippen LogP contribution in [0, 0.1) is 6.92 Å². The molecule has 0 aliphatic carbocycles. The highest BCUT2D eigenvalue weighted by Crippen LogP contribution is 2.40. The van der Waals surface area contributed by atoms with Crippen LogP contribution in [0.1, 0.15) is 31.8 Å². The summed E-state index contributed by atoms with van der Waals surface area (Å²) in [5.74, 6) is 0.606. The number of esters is 1. The number of fused-ring (bicyclic) bond motifs is 1. The van der Waals surface area contributed by atoms with E-state index in [-0.39, 0.29) is 28.6 Å². The molecule has 0 spiro atoms. The van der Waals surface area contributed by atoms with Crippen LogP contribution in [0.2, 0.25) is 10.0 Å². The van der Waals surface area contributed by atoms with E-state index in [0.29, 0.717) is 44.0 Å². The van der Waals surface area contributed by atoms with Crippen LogP contribution >= 0.6 is 23.2 Å². The third kappa shape index (κ3) is 4.78. The first kappa shape index (κ1) is 24.4. The molecule has 0 saturated carbocycles. The molecule has 0 saturated heterocycles. The van der Waals surface area contributed by atoms with E-state index in [0.717, 1.165) is 0 Å². The summed E-state index contributed by atoms with van der Waals surface area (Å²) in [5, 5.41) is 0.863. The van der Waals surface area contributed by atoms with Crippen molar-refractivity contribution in [2.75, 3.05) is 21.3 Å². The maximum atomic E-state index is 12.9. The highest BCUT2D eigenvalue weighted by atomic mass is 35.5. The molecule has 7 nitrogen and oxygen atoms in total. The van der Waals surface area contributed by atoms with Gasteiger partial charge in [0.25, 0.3) is 0 Å². The minimum absolute atomic E-state index is 0.0976. The molecule has 0 radical (unpaired) electrons. The Bertz CT molecular complexity index is 1350. The highest BCUT2D eigenvalue weighted by Gasteiger charge is 2.30. The van der Waals surface area contributed by atoms with Crippen molar-refractivity contribution < 1.29 is 33.3 Å². The van der Waals surface area contributed by atoms with E-state index in [1.807, 2.05) is 0 Å². The van der Waals surface area contributed by atoms with Gasteiger partial charge in [-0.15, -0.1) is 0 Å². The predicted molar refractivity (Wildman–Crippen MR) is 132 cm³/mol. The highest BCUT2D eigenvalue weighted by molar-refractivity contribution is 6.35. The first-order chi connectivity index (χ1) is 16.7. The van der Waals surface area contributed by atoms with E-state index >= 15 is 0 Å². The molecule has 0 bridgehead atoms. The summed E-state index contributed by atoms with van der Waals surface area (Å²) in [6.45, 7) is 1.73. The Labute approximate surface area is 211 Å². The van der Waals surface area contributed by atoms with Crippen LogP contribution in [-0.4, -0.2) is 33.1 Å². The van der Waals surface area contributed by atoms with Gasteiger partial charge in [0.2, 0.25) is 11.5 Å². The van der Waals surface area contributed by atoms with Crippen LogP contribution in [0.3, 0.4) is 0 Å². The second-order valence-corrected chi connectivity index (χ2v) is 8.37. The number of ether oxygens (including phenoxy) is 5. The number of benzene rings is 3. The van der Waals surface area contributed by atoms with Gasteiger partial charge in [-0.3, -0.25) is 4.79 Å². The molecular weight excluding hydrogens is 495 g/mol. The van der Waals surface area contributed by atoms with Gasteiger partial charge in [-0.05, 0) is 54.5 Å². The monoisotopic (exact) mass is 514 g/mol. The zero-order valence-corrected chi connectivity index (χ0v) is 20.7. The summed E-state index contributed by atoms with van der Waals surface area (Å²) in [4.78, 5) is 25.8. The SMILES string of the molecule is COc1cc(C(=O)Oc2cc(C)c3c(c2)O/C(=C\c2ccc(Cl)cc2Cl)C3=O)cc(OC)c1OC. The van der Waals surface area contributed by atoms with Crippen molar-refractivity contribution in [3.63, 3.8) is 0 Å². The molecule has 35 heavy (non-hydrogen) atoms.